The molecule has 0 radical (unpaired) electrons. The Morgan fingerprint density at radius 1 is 1.39 bits per heavy atom. The van der Waals surface area contributed by atoms with Gasteiger partial charge in [0.15, 0.2) is 11.9 Å². The van der Waals surface area contributed by atoms with Gasteiger partial charge in [0.1, 0.15) is 12.2 Å². The molecule has 2 saturated heterocycles. The number of aliphatic hydroxyl groups is 2. The molecule has 1 amide bonds. The Labute approximate surface area is 106 Å². The molecule has 104 valence electrons. The SMILES string of the molecule is CC1(C)O[C@H]([C@H](O)CO)[C@H](C(=O)N2CCCC2)O1. The number of aliphatic hydroxyl groups excluding tert-OH is 2. The van der Waals surface area contributed by atoms with Gasteiger partial charge in [0.25, 0.3) is 5.91 Å². The fourth-order valence-corrected chi connectivity index (χ4v) is 2.48. The van der Waals surface area contributed by atoms with Crippen LogP contribution in [-0.4, -0.2) is 64.8 Å². The van der Waals surface area contributed by atoms with Crippen LogP contribution in [0.15, 0.2) is 0 Å². The standard InChI is InChI=1S/C12H21NO5/c1-12(2)17-9(8(15)7-14)10(18-12)11(16)13-5-3-4-6-13/h8-10,14-15H,3-7H2,1-2H3/t8-,9-,10-/m1/s1. The van der Waals surface area contributed by atoms with E-state index in [1.807, 2.05) is 0 Å². The molecular formula is C12H21NO5. The molecule has 0 aliphatic carbocycles. The third-order valence-corrected chi connectivity index (χ3v) is 3.36. The largest absolute Gasteiger partial charge is 0.394 e. The first-order chi connectivity index (χ1) is 8.44. The third-order valence-electron chi connectivity index (χ3n) is 3.36. The van der Waals surface area contributed by atoms with Gasteiger partial charge in [-0.3, -0.25) is 4.79 Å². The molecule has 2 heterocycles. The maximum absolute atomic E-state index is 12.3. The van der Waals surface area contributed by atoms with Gasteiger partial charge in [-0.05, 0) is 26.7 Å². The van der Waals surface area contributed by atoms with Gasteiger partial charge in [-0.2, -0.15) is 0 Å². The van der Waals surface area contributed by atoms with E-state index >= 15 is 0 Å². The van der Waals surface area contributed by atoms with Crippen molar-refractivity contribution in [3.05, 3.63) is 0 Å². The highest BCUT2D eigenvalue weighted by Gasteiger charge is 2.49. The minimum Gasteiger partial charge on any atom is -0.394 e. The van der Waals surface area contributed by atoms with Crippen LogP contribution in [0.3, 0.4) is 0 Å². The van der Waals surface area contributed by atoms with Gasteiger partial charge >= 0.3 is 0 Å². The van der Waals surface area contributed by atoms with Crippen LogP contribution in [0, 0.1) is 0 Å². The Balaban J connectivity index is 2.10. The second kappa shape index (κ2) is 5.13. The first-order valence-corrected chi connectivity index (χ1v) is 6.38. The number of amides is 1. The smallest absolute Gasteiger partial charge is 0.254 e. The van der Waals surface area contributed by atoms with Gasteiger partial charge in [-0.1, -0.05) is 0 Å². The van der Waals surface area contributed by atoms with E-state index in [1.165, 1.54) is 0 Å². The summed E-state index contributed by atoms with van der Waals surface area (Å²) < 4.78 is 11.1. The van der Waals surface area contributed by atoms with Gasteiger partial charge in [0.05, 0.1) is 6.61 Å². The van der Waals surface area contributed by atoms with Crippen LogP contribution in [0.4, 0.5) is 0 Å². The molecule has 2 rings (SSSR count). The van der Waals surface area contributed by atoms with Gasteiger partial charge in [-0.25, -0.2) is 0 Å². The van der Waals surface area contributed by atoms with Crippen LogP contribution in [-0.2, 0) is 14.3 Å². The number of carbonyl (C=O) groups excluding carboxylic acids is 1. The summed E-state index contributed by atoms with van der Waals surface area (Å²) in [6, 6.07) is 0. The summed E-state index contributed by atoms with van der Waals surface area (Å²) in [5, 5.41) is 18.7. The Kier molecular flexibility index (Phi) is 3.91. The highest BCUT2D eigenvalue weighted by atomic mass is 16.8. The van der Waals surface area contributed by atoms with E-state index < -0.39 is 30.7 Å². The maximum Gasteiger partial charge on any atom is 0.254 e. The molecule has 2 aliphatic rings. The lowest BCUT2D eigenvalue weighted by molar-refractivity contribution is -0.164. The minimum atomic E-state index is -1.11. The summed E-state index contributed by atoms with van der Waals surface area (Å²) in [5.74, 6) is -1.07. The van der Waals surface area contributed by atoms with Crippen molar-refractivity contribution in [3.8, 4) is 0 Å². The average Bonchev–Trinajstić information content (AvgIpc) is 2.94. The van der Waals surface area contributed by atoms with Crippen LogP contribution < -0.4 is 0 Å². The topological polar surface area (TPSA) is 79.2 Å². The number of hydrogen-bond acceptors (Lipinski definition) is 5. The zero-order valence-electron chi connectivity index (χ0n) is 10.8. The van der Waals surface area contributed by atoms with E-state index in [-0.39, 0.29) is 5.91 Å². The second-order valence-corrected chi connectivity index (χ2v) is 5.30. The van der Waals surface area contributed by atoms with Crippen molar-refractivity contribution >= 4 is 5.91 Å². The van der Waals surface area contributed by atoms with Crippen LogP contribution in [0.2, 0.25) is 0 Å². The van der Waals surface area contributed by atoms with Gasteiger partial charge < -0.3 is 24.6 Å². The van der Waals surface area contributed by atoms with E-state index in [9.17, 15) is 9.90 Å². The van der Waals surface area contributed by atoms with Crippen molar-refractivity contribution in [2.45, 2.75) is 50.8 Å². The normalized spacial score (nSPS) is 32.8. The monoisotopic (exact) mass is 259 g/mol. The number of carbonyl (C=O) groups is 1. The predicted octanol–water partition coefficient (Wildman–Crippen LogP) is -0.518. The maximum atomic E-state index is 12.3. The summed E-state index contributed by atoms with van der Waals surface area (Å²) in [5.41, 5.74) is 0. The Hall–Kier alpha value is -0.690. The van der Waals surface area contributed by atoms with E-state index in [4.69, 9.17) is 14.6 Å². The van der Waals surface area contributed by atoms with Crippen molar-refractivity contribution in [2.75, 3.05) is 19.7 Å². The average molecular weight is 259 g/mol. The Bertz CT molecular complexity index is 314. The number of nitrogens with zero attached hydrogens (tertiary/aromatic N) is 1. The molecular weight excluding hydrogens is 238 g/mol. The zero-order valence-corrected chi connectivity index (χ0v) is 10.8. The first-order valence-electron chi connectivity index (χ1n) is 6.38. The van der Waals surface area contributed by atoms with Crippen molar-refractivity contribution < 1.29 is 24.5 Å². The molecule has 0 spiro atoms. The van der Waals surface area contributed by atoms with Crippen molar-refractivity contribution in [2.24, 2.45) is 0 Å². The van der Waals surface area contributed by atoms with Gasteiger partial charge in [-0.15, -0.1) is 0 Å². The molecule has 6 heteroatoms. The fourth-order valence-electron chi connectivity index (χ4n) is 2.48. The summed E-state index contributed by atoms with van der Waals surface area (Å²) in [7, 11) is 0. The number of likely N-dealkylation sites (tertiary alicyclic amines) is 1. The lowest BCUT2D eigenvalue weighted by atomic mass is 10.1. The van der Waals surface area contributed by atoms with Gasteiger partial charge in [0, 0.05) is 13.1 Å². The van der Waals surface area contributed by atoms with E-state index in [0.29, 0.717) is 0 Å². The lowest BCUT2D eigenvalue weighted by Crippen LogP contribution is -2.47. The van der Waals surface area contributed by atoms with Crippen LogP contribution in [0.25, 0.3) is 0 Å². The van der Waals surface area contributed by atoms with Crippen LogP contribution in [0.5, 0.6) is 0 Å². The molecule has 0 saturated carbocycles. The third kappa shape index (κ3) is 2.66. The molecule has 6 nitrogen and oxygen atoms in total. The minimum absolute atomic E-state index is 0.157. The molecule has 3 atom stereocenters. The second-order valence-electron chi connectivity index (χ2n) is 5.30. The Morgan fingerprint density at radius 2 is 2.00 bits per heavy atom. The Morgan fingerprint density at radius 3 is 2.56 bits per heavy atom. The van der Waals surface area contributed by atoms with Crippen molar-refractivity contribution in [3.63, 3.8) is 0 Å². The highest BCUT2D eigenvalue weighted by molar-refractivity contribution is 5.82. The van der Waals surface area contributed by atoms with E-state index in [1.54, 1.807) is 18.7 Å². The summed E-state index contributed by atoms with van der Waals surface area (Å²) in [4.78, 5) is 14.0. The predicted molar refractivity (Wildman–Crippen MR) is 62.7 cm³/mol. The number of ether oxygens (including phenoxy) is 2. The molecule has 2 N–H and O–H groups in total. The lowest BCUT2D eigenvalue weighted by Gasteiger charge is -2.24. The number of rotatable bonds is 3. The molecule has 0 aromatic heterocycles. The number of hydrogen-bond donors (Lipinski definition) is 2. The summed E-state index contributed by atoms with van der Waals surface area (Å²) >= 11 is 0. The fraction of sp³-hybridized carbons (Fsp3) is 0.917. The van der Waals surface area contributed by atoms with Gasteiger partial charge in [0.2, 0.25) is 0 Å². The molecule has 18 heavy (non-hydrogen) atoms. The molecule has 2 fully saturated rings. The molecule has 2 aliphatic heterocycles. The van der Waals surface area contributed by atoms with Crippen molar-refractivity contribution in [1.29, 1.82) is 0 Å². The molecule has 0 unspecified atom stereocenters. The van der Waals surface area contributed by atoms with Crippen LogP contribution >= 0.6 is 0 Å². The quantitative estimate of drug-likeness (QED) is 0.713. The van der Waals surface area contributed by atoms with Crippen molar-refractivity contribution in [1.82, 2.24) is 4.90 Å². The molecule has 0 aromatic rings. The van der Waals surface area contributed by atoms with E-state index in [0.717, 1.165) is 25.9 Å². The zero-order chi connectivity index (χ0) is 13.3. The highest BCUT2D eigenvalue weighted by Crippen LogP contribution is 2.31. The first kappa shape index (κ1) is 13.7. The summed E-state index contributed by atoms with van der Waals surface area (Å²) in [6.45, 7) is 4.39. The molecule has 0 bridgehead atoms. The molecule has 0 aromatic carbocycles. The summed E-state index contributed by atoms with van der Waals surface area (Å²) in [6.07, 6.45) is -0.757. The van der Waals surface area contributed by atoms with E-state index in [2.05, 4.69) is 0 Å². The van der Waals surface area contributed by atoms with Crippen LogP contribution in [0.1, 0.15) is 26.7 Å².